The van der Waals surface area contributed by atoms with E-state index in [1.807, 2.05) is 11.0 Å². The van der Waals surface area contributed by atoms with Crippen molar-refractivity contribution in [3.63, 3.8) is 0 Å². The van der Waals surface area contributed by atoms with Crippen molar-refractivity contribution in [1.82, 2.24) is 9.80 Å². The summed E-state index contributed by atoms with van der Waals surface area (Å²) in [6.07, 6.45) is 6.90. The number of hydrogen-bond acceptors (Lipinski definition) is 3. The van der Waals surface area contributed by atoms with E-state index in [0.29, 0.717) is 11.3 Å². The third kappa shape index (κ3) is 2.10. The first-order valence-corrected chi connectivity index (χ1v) is 6.94. The van der Waals surface area contributed by atoms with Gasteiger partial charge >= 0.3 is 0 Å². The molecule has 102 valence electrons. The van der Waals surface area contributed by atoms with E-state index in [1.165, 1.54) is 6.42 Å². The molecule has 2 fully saturated rings. The predicted octanol–water partition coefficient (Wildman–Crippen LogP) is 2.15. The molecule has 1 aromatic rings. The van der Waals surface area contributed by atoms with Crippen molar-refractivity contribution in [2.75, 3.05) is 26.2 Å². The van der Waals surface area contributed by atoms with Gasteiger partial charge in [-0.2, -0.15) is 0 Å². The zero-order valence-corrected chi connectivity index (χ0v) is 11.2. The molecule has 0 bridgehead atoms. The fourth-order valence-corrected chi connectivity index (χ4v) is 3.28. The zero-order valence-electron chi connectivity index (χ0n) is 11.2. The third-order valence-electron chi connectivity index (χ3n) is 4.58. The molecule has 1 amide bonds. The lowest BCUT2D eigenvalue weighted by atomic mass is 9.76. The van der Waals surface area contributed by atoms with Gasteiger partial charge in [0, 0.05) is 31.7 Å². The Bertz CT molecular complexity index is 458. The molecular weight excluding hydrogens is 240 g/mol. The van der Waals surface area contributed by atoms with Crippen molar-refractivity contribution in [3.8, 4) is 0 Å². The van der Waals surface area contributed by atoms with E-state index < -0.39 is 0 Å². The summed E-state index contributed by atoms with van der Waals surface area (Å²) in [6.45, 7) is 7.60. The number of nitrogens with zero attached hydrogens (tertiary/aromatic N) is 2. The van der Waals surface area contributed by atoms with E-state index in [-0.39, 0.29) is 5.91 Å². The van der Waals surface area contributed by atoms with Crippen LogP contribution in [0.15, 0.2) is 35.5 Å². The van der Waals surface area contributed by atoms with E-state index in [0.717, 1.165) is 39.0 Å². The van der Waals surface area contributed by atoms with Gasteiger partial charge in [0.15, 0.2) is 5.76 Å². The molecule has 4 nitrogen and oxygen atoms in total. The number of hydrogen-bond donors (Lipinski definition) is 0. The van der Waals surface area contributed by atoms with Crippen LogP contribution in [0.4, 0.5) is 0 Å². The molecule has 0 saturated carbocycles. The molecule has 2 aliphatic heterocycles. The van der Waals surface area contributed by atoms with Crippen molar-refractivity contribution >= 4 is 5.91 Å². The quantitative estimate of drug-likeness (QED) is 0.781. The van der Waals surface area contributed by atoms with Gasteiger partial charge < -0.3 is 9.32 Å². The topological polar surface area (TPSA) is 36.7 Å². The molecule has 0 radical (unpaired) electrons. The Labute approximate surface area is 113 Å². The number of piperidine rings is 1. The first-order chi connectivity index (χ1) is 9.25. The Morgan fingerprint density at radius 3 is 2.63 bits per heavy atom. The molecule has 1 spiro atoms. The standard InChI is InChI=1S/C15H20N2O2/c1-2-8-17-11-7-15(17)5-9-16(10-6-15)14(18)13-4-3-12-19-13/h2-4,12H,1,5-11H2. The molecule has 0 aromatic carbocycles. The second-order valence-corrected chi connectivity index (χ2v) is 5.48. The minimum atomic E-state index is 0.0226. The normalized spacial score (nSPS) is 22.2. The fourth-order valence-electron chi connectivity index (χ4n) is 3.28. The highest BCUT2D eigenvalue weighted by atomic mass is 16.3. The number of furan rings is 1. The van der Waals surface area contributed by atoms with Crippen molar-refractivity contribution < 1.29 is 9.21 Å². The lowest BCUT2D eigenvalue weighted by Crippen LogP contribution is -2.64. The van der Waals surface area contributed by atoms with Crippen molar-refractivity contribution in [1.29, 1.82) is 0 Å². The smallest absolute Gasteiger partial charge is 0.289 e. The van der Waals surface area contributed by atoms with Gasteiger partial charge in [0.1, 0.15) is 0 Å². The number of amides is 1. The molecule has 0 N–H and O–H groups in total. The number of likely N-dealkylation sites (tertiary alicyclic amines) is 2. The van der Waals surface area contributed by atoms with Crippen LogP contribution in [-0.4, -0.2) is 47.4 Å². The van der Waals surface area contributed by atoms with Crippen molar-refractivity contribution in [3.05, 3.63) is 36.8 Å². The maximum Gasteiger partial charge on any atom is 0.289 e. The number of rotatable bonds is 3. The van der Waals surface area contributed by atoms with Gasteiger partial charge in [0.2, 0.25) is 0 Å². The highest BCUT2D eigenvalue weighted by Gasteiger charge is 2.46. The molecule has 3 heterocycles. The molecule has 2 aliphatic rings. The molecule has 19 heavy (non-hydrogen) atoms. The largest absolute Gasteiger partial charge is 0.459 e. The predicted molar refractivity (Wildman–Crippen MR) is 73.0 cm³/mol. The molecule has 1 aromatic heterocycles. The second kappa shape index (κ2) is 4.85. The van der Waals surface area contributed by atoms with Gasteiger partial charge in [-0.3, -0.25) is 9.69 Å². The van der Waals surface area contributed by atoms with E-state index in [4.69, 9.17) is 4.42 Å². The van der Waals surface area contributed by atoms with Crippen LogP contribution in [0.5, 0.6) is 0 Å². The van der Waals surface area contributed by atoms with Crippen LogP contribution in [0.25, 0.3) is 0 Å². The Hall–Kier alpha value is -1.55. The zero-order chi connectivity index (χ0) is 13.3. The van der Waals surface area contributed by atoms with Gasteiger partial charge in [-0.15, -0.1) is 6.58 Å². The summed E-state index contributed by atoms with van der Waals surface area (Å²) >= 11 is 0. The van der Waals surface area contributed by atoms with Gasteiger partial charge in [0.25, 0.3) is 5.91 Å². The van der Waals surface area contributed by atoms with Crippen LogP contribution in [-0.2, 0) is 0 Å². The van der Waals surface area contributed by atoms with Crippen LogP contribution >= 0.6 is 0 Å². The summed E-state index contributed by atoms with van der Waals surface area (Å²) in [6, 6.07) is 3.50. The van der Waals surface area contributed by atoms with E-state index in [1.54, 1.807) is 18.4 Å². The Morgan fingerprint density at radius 1 is 1.37 bits per heavy atom. The number of carbonyl (C=O) groups is 1. The monoisotopic (exact) mass is 260 g/mol. The first-order valence-electron chi connectivity index (χ1n) is 6.94. The second-order valence-electron chi connectivity index (χ2n) is 5.48. The maximum absolute atomic E-state index is 12.2. The molecular formula is C15H20N2O2. The summed E-state index contributed by atoms with van der Waals surface area (Å²) in [4.78, 5) is 16.6. The van der Waals surface area contributed by atoms with Crippen molar-refractivity contribution in [2.45, 2.75) is 24.8 Å². The number of carbonyl (C=O) groups excluding carboxylic acids is 1. The highest BCUT2D eigenvalue weighted by Crippen LogP contribution is 2.39. The SMILES string of the molecule is C=CCN1CCC12CCN(C(=O)c1ccco1)CC2. The molecule has 2 saturated heterocycles. The summed E-state index contributed by atoms with van der Waals surface area (Å²) < 4.78 is 5.19. The summed E-state index contributed by atoms with van der Waals surface area (Å²) in [5, 5.41) is 0. The Balaban J connectivity index is 1.61. The van der Waals surface area contributed by atoms with Crippen LogP contribution in [0, 0.1) is 0 Å². The lowest BCUT2D eigenvalue weighted by molar-refractivity contribution is -0.0462. The summed E-state index contributed by atoms with van der Waals surface area (Å²) in [5.74, 6) is 0.474. The van der Waals surface area contributed by atoms with Crippen LogP contribution in [0.2, 0.25) is 0 Å². The fraction of sp³-hybridized carbons (Fsp3) is 0.533. The van der Waals surface area contributed by atoms with Crippen LogP contribution < -0.4 is 0 Å². The lowest BCUT2D eigenvalue weighted by Gasteiger charge is -2.56. The van der Waals surface area contributed by atoms with Crippen LogP contribution in [0.3, 0.4) is 0 Å². The van der Waals surface area contributed by atoms with Crippen LogP contribution in [0.1, 0.15) is 29.8 Å². The molecule has 3 rings (SSSR count). The van der Waals surface area contributed by atoms with E-state index >= 15 is 0 Å². The average Bonchev–Trinajstić information content (AvgIpc) is 2.97. The van der Waals surface area contributed by atoms with Gasteiger partial charge in [-0.1, -0.05) is 6.08 Å². The van der Waals surface area contributed by atoms with Gasteiger partial charge in [-0.25, -0.2) is 0 Å². The summed E-state index contributed by atoms with van der Waals surface area (Å²) in [7, 11) is 0. The minimum Gasteiger partial charge on any atom is -0.459 e. The molecule has 0 aliphatic carbocycles. The minimum absolute atomic E-state index is 0.0226. The average molecular weight is 260 g/mol. The van der Waals surface area contributed by atoms with E-state index in [2.05, 4.69) is 11.5 Å². The third-order valence-corrected chi connectivity index (χ3v) is 4.58. The molecule has 4 heteroatoms. The van der Waals surface area contributed by atoms with E-state index in [9.17, 15) is 4.79 Å². The highest BCUT2D eigenvalue weighted by molar-refractivity contribution is 5.91. The maximum atomic E-state index is 12.2. The van der Waals surface area contributed by atoms with Gasteiger partial charge in [0.05, 0.1) is 6.26 Å². The molecule has 0 unspecified atom stereocenters. The Morgan fingerprint density at radius 2 is 2.11 bits per heavy atom. The summed E-state index contributed by atoms with van der Waals surface area (Å²) in [5.41, 5.74) is 0.328. The Kier molecular flexibility index (Phi) is 3.19. The molecule has 0 atom stereocenters. The van der Waals surface area contributed by atoms with Crippen molar-refractivity contribution in [2.24, 2.45) is 0 Å². The van der Waals surface area contributed by atoms with Gasteiger partial charge in [-0.05, 0) is 31.4 Å². The first kappa shape index (κ1) is 12.5.